The summed E-state index contributed by atoms with van der Waals surface area (Å²) in [6, 6.07) is 5.79. The van der Waals surface area contributed by atoms with Crippen molar-refractivity contribution in [3.05, 3.63) is 24.3 Å². The fourth-order valence-corrected chi connectivity index (χ4v) is 3.21. The zero-order valence-electron chi connectivity index (χ0n) is 12.7. The third-order valence-corrected chi connectivity index (χ3v) is 4.42. The van der Waals surface area contributed by atoms with Gasteiger partial charge >= 0.3 is 0 Å². The molecule has 7 nitrogen and oxygen atoms in total. The maximum atomic E-state index is 12.1. The van der Waals surface area contributed by atoms with Gasteiger partial charge in [0.15, 0.2) is 6.54 Å². The van der Waals surface area contributed by atoms with Crippen LogP contribution in [0, 0.1) is 0 Å². The highest BCUT2D eigenvalue weighted by atomic mass is 32.2. The Hall–Kier alpha value is -1.48. The molecule has 1 aliphatic heterocycles. The summed E-state index contributed by atoms with van der Waals surface area (Å²) >= 11 is 0. The SMILES string of the molecule is CC1C[NH+](CC(=O)Nc2ccc(S(N)(=O)=O)cc2)CC(C)O1. The van der Waals surface area contributed by atoms with Crippen molar-refractivity contribution >= 4 is 21.6 Å². The van der Waals surface area contributed by atoms with Gasteiger partial charge in [-0.2, -0.15) is 0 Å². The van der Waals surface area contributed by atoms with E-state index in [-0.39, 0.29) is 23.0 Å². The average molecular weight is 328 g/mol. The summed E-state index contributed by atoms with van der Waals surface area (Å²) in [5.74, 6) is -0.111. The highest BCUT2D eigenvalue weighted by Gasteiger charge is 2.27. The Kier molecular flexibility index (Phi) is 5.17. The molecular formula is C14H22N3O4S+. The van der Waals surface area contributed by atoms with Crippen LogP contribution < -0.4 is 15.4 Å². The third-order valence-electron chi connectivity index (χ3n) is 3.49. The summed E-state index contributed by atoms with van der Waals surface area (Å²) in [5, 5.41) is 7.79. The Morgan fingerprint density at radius 3 is 2.32 bits per heavy atom. The van der Waals surface area contributed by atoms with E-state index < -0.39 is 10.0 Å². The number of morpholine rings is 1. The lowest BCUT2D eigenvalue weighted by Crippen LogP contribution is -3.16. The number of rotatable bonds is 4. The first-order valence-electron chi connectivity index (χ1n) is 7.16. The highest BCUT2D eigenvalue weighted by molar-refractivity contribution is 7.89. The molecule has 0 saturated carbocycles. The van der Waals surface area contributed by atoms with Gasteiger partial charge in [-0.1, -0.05) is 0 Å². The van der Waals surface area contributed by atoms with Crippen LogP contribution in [0.25, 0.3) is 0 Å². The molecule has 0 aliphatic carbocycles. The number of carbonyl (C=O) groups is 1. The van der Waals surface area contributed by atoms with Crippen molar-refractivity contribution in [1.29, 1.82) is 0 Å². The summed E-state index contributed by atoms with van der Waals surface area (Å²) in [6.45, 7) is 5.94. The van der Waals surface area contributed by atoms with Crippen LogP contribution >= 0.6 is 0 Å². The molecule has 1 fully saturated rings. The number of nitrogens with two attached hydrogens (primary N) is 1. The van der Waals surface area contributed by atoms with Gasteiger partial charge in [0.25, 0.3) is 5.91 Å². The number of anilines is 1. The molecular weight excluding hydrogens is 306 g/mol. The molecule has 2 unspecified atom stereocenters. The van der Waals surface area contributed by atoms with Gasteiger partial charge in [-0.15, -0.1) is 0 Å². The standard InChI is InChI=1S/C14H21N3O4S/c1-10-7-17(8-11(2)21-10)9-14(18)16-12-3-5-13(6-4-12)22(15,19)20/h3-6,10-11H,7-9H2,1-2H3,(H,16,18)(H2,15,19,20)/p+1. The van der Waals surface area contributed by atoms with Gasteiger partial charge in [0.1, 0.15) is 25.3 Å². The van der Waals surface area contributed by atoms with Gasteiger partial charge in [0.2, 0.25) is 10.0 Å². The zero-order valence-corrected chi connectivity index (χ0v) is 13.5. The van der Waals surface area contributed by atoms with E-state index in [9.17, 15) is 13.2 Å². The van der Waals surface area contributed by atoms with Gasteiger partial charge in [-0.3, -0.25) is 4.79 Å². The Morgan fingerprint density at radius 2 is 1.82 bits per heavy atom. The molecule has 0 spiro atoms. The summed E-state index contributed by atoms with van der Waals surface area (Å²) in [7, 11) is -3.71. The zero-order chi connectivity index (χ0) is 16.3. The number of amides is 1. The molecule has 2 atom stereocenters. The number of carbonyl (C=O) groups excluding carboxylic acids is 1. The molecule has 1 heterocycles. The Morgan fingerprint density at radius 1 is 1.27 bits per heavy atom. The van der Waals surface area contributed by atoms with E-state index in [1.807, 2.05) is 13.8 Å². The Labute approximate surface area is 130 Å². The lowest BCUT2D eigenvalue weighted by atomic mass is 10.2. The lowest BCUT2D eigenvalue weighted by molar-refractivity contribution is -0.907. The molecule has 0 bridgehead atoms. The van der Waals surface area contributed by atoms with Crippen molar-refractivity contribution in [2.75, 3.05) is 25.0 Å². The van der Waals surface area contributed by atoms with Crippen LogP contribution in [0.4, 0.5) is 5.69 Å². The monoisotopic (exact) mass is 328 g/mol. The fourth-order valence-electron chi connectivity index (χ4n) is 2.69. The van der Waals surface area contributed by atoms with Crippen molar-refractivity contribution in [2.45, 2.75) is 31.0 Å². The maximum absolute atomic E-state index is 12.1. The van der Waals surface area contributed by atoms with E-state index in [4.69, 9.17) is 9.88 Å². The minimum absolute atomic E-state index is 0.0203. The van der Waals surface area contributed by atoms with Gasteiger partial charge in [-0.25, -0.2) is 13.6 Å². The van der Waals surface area contributed by atoms with Crippen LogP contribution in [0.15, 0.2) is 29.2 Å². The van der Waals surface area contributed by atoms with Crippen LogP contribution in [-0.2, 0) is 19.6 Å². The van der Waals surface area contributed by atoms with Gasteiger partial charge in [0.05, 0.1) is 4.90 Å². The predicted octanol–water partition coefficient (Wildman–Crippen LogP) is -1.04. The second-order valence-electron chi connectivity index (χ2n) is 5.71. The molecule has 8 heteroatoms. The van der Waals surface area contributed by atoms with Gasteiger partial charge in [-0.05, 0) is 38.1 Å². The van der Waals surface area contributed by atoms with Crippen LogP contribution in [0.2, 0.25) is 0 Å². The summed E-state index contributed by atoms with van der Waals surface area (Å²) in [6.07, 6.45) is 0.279. The van der Waals surface area contributed by atoms with Crippen molar-refractivity contribution in [3.63, 3.8) is 0 Å². The summed E-state index contributed by atoms with van der Waals surface area (Å²) in [5.41, 5.74) is 0.547. The lowest BCUT2D eigenvalue weighted by Gasteiger charge is -2.31. The van der Waals surface area contributed by atoms with Crippen LogP contribution in [0.3, 0.4) is 0 Å². The van der Waals surface area contributed by atoms with Crippen molar-refractivity contribution in [2.24, 2.45) is 5.14 Å². The number of benzene rings is 1. The molecule has 22 heavy (non-hydrogen) atoms. The van der Waals surface area contributed by atoms with E-state index >= 15 is 0 Å². The predicted molar refractivity (Wildman–Crippen MR) is 82.0 cm³/mol. The Bertz CT molecular complexity index is 620. The molecule has 1 aliphatic rings. The minimum atomic E-state index is -3.71. The van der Waals surface area contributed by atoms with Crippen LogP contribution in [0.5, 0.6) is 0 Å². The van der Waals surface area contributed by atoms with Crippen LogP contribution in [0.1, 0.15) is 13.8 Å². The summed E-state index contributed by atoms with van der Waals surface area (Å²) < 4.78 is 28.0. The first-order valence-corrected chi connectivity index (χ1v) is 8.70. The number of hydrogen-bond acceptors (Lipinski definition) is 4. The number of nitrogens with one attached hydrogen (secondary N) is 2. The van der Waals surface area contributed by atoms with Gasteiger partial charge < -0.3 is 15.0 Å². The Balaban J connectivity index is 1.92. The molecule has 122 valence electrons. The molecule has 2 rings (SSSR count). The number of hydrogen-bond donors (Lipinski definition) is 3. The average Bonchev–Trinajstić information content (AvgIpc) is 2.36. The third kappa shape index (κ3) is 4.77. The van der Waals surface area contributed by atoms with E-state index in [1.165, 1.54) is 29.2 Å². The minimum Gasteiger partial charge on any atom is -0.364 e. The molecule has 0 radical (unpaired) electrons. The molecule has 1 aromatic carbocycles. The molecule has 1 amide bonds. The van der Waals surface area contributed by atoms with Crippen LogP contribution in [-0.4, -0.2) is 46.2 Å². The van der Waals surface area contributed by atoms with Crippen molar-refractivity contribution in [1.82, 2.24) is 0 Å². The normalized spacial score (nSPS) is 25.7. The van der Waals surface area contributed by atoms with E-state index in [0.29, 0.717) is 12.2 Å². The van der Waals surface area contributed by atoms with E-state index in [0.717, 1.165) is 13.1 Å². The number of primary sulfonamides is 1. The number of sulfonamides is 1. The highest BCUT2D eigenvalue weighted by Crippen LogP contribution is 2.12. The maximum Gasteiger partial charge on any atom is 0.279 e. The quantitative estimate of drug-likeness (QED) is 0.657. The topological polar surface area (TPSA) is 103 Å². The smallest absolute Gasteiger partial charge is 0.279 e. The first-order chi connectivity index (χ1) is 10.2. The first kappa shape index (κ1) is 16.9. The van der Waals surface area contributed by atoms with Crippen molar-refractivity contribution in [3.8, 4) is 0 Å². The number of ether oxygens (including phenoxy) is 1. The summed E-state index contributed by atoms with van der Waals surface area (Å²) in [4.78, 5) is 13.3. The number of quaternary nitrogens is 1. The largest absolute Gasteiger partial charge is 0.364 e. The second kappa shape index (κ2) is 6.74. The molecule has 4 N–H and O–H groups in total. The van der Waals surface area contributed by atoms with Gasteiger partial charge in [0, 0.05) is 5.69 Å². The molecule has 1 saturated heterocycles. The second-order valence-corrected chi connectivity index (χ2v) is 7.27. The van der Waals surface area contributed by atoms with E-state index in [2.05, 4.69) is 5.32 Å². The fraction of sp³-hybridized carbons (Fsp3) is 0.500. The molecule has 0 aromatic heterocycles. The van der Waals surface area contributed by atoms with Crippen molar-refractivity contribution < 1.29 is 22.8 Å². The molecule has 1 aromatic rings. The van der Waals surface area contributed by atoms with E-state index in [1.54, 1.807) is 0 Å².